The Balaban J connectivity index is 1.34. The number of nitrogens with zero attached hydrogens (tertiary/aromatic N) is 2. The number of hydrogen-bond donors (Lipinski definition) is 20. The highest BCUT2D eigenvalue weighted by Gasteiger charge is 2.47. The topological polar surface area (TPSA) is 610 Å². The van der Waals surface area contributed by atoms with Gasteiger partial charge in [0.1, 0.15) is 54.4 Å². The van der Waals surface area contributed by atoms with Gasteiger partial charge in [0, 0.05) is 36.9 Å². The molecule has 4 aliphatic heterocycles. The number of likely N-dealkylation sites (tertiary alicyclic amines) is 2. The summed E-state index contributed by atoms with van der Waals surface area (Å²) in [5.74, 6) is -14.5. The Bertz CT molecular complexity index is 3120. The van der Waals surface area contributed by atoms with Crippen molar-refractivity contribution in [2.75, 3.05) is 45.0 Å². The standard InChI is InChI=1S/C61H101N16O24PS/c1-28(2)21-35(69-56(92)47(30(5)78)71-45(85)25-65-43(83)24-64-42(82)23-63-41(81)16-10-9-15-40-51-37(27-103-40)70-61(97)75-51)53(89)66-26-44(84)67-36(22-29(3)4)54(90)74-50(33(8)101-102(98,99)100)60(96)77-20-12-14-39(77)59(95)76-19-11-13-38(76)55(91)72-49(32(7)80)58(94)73-48(31(6)79)57(93)68-34(52(62)88)17-18-46(86)87/h28-40,47-51,78-80H,9-27H2,1-8H3,(H2,62,88)(H,63,81)(H,64,82)(H,65,83)(H,66,89)(H,67,84)(H,68,93)(H,69,92)(H,71,85)(H,72,91)(H,73,94)(H,74,90)(H,86,87)(H2,70,75,97)(H2,98,99,100)/t30-,31-,32-,33-,34+,35+,36+,37+,38+,39+,40+,47+,48+,49+,50+,51+/m1/s1. The number of nitrogens with one attached hydrogen (secondary N) is 13. The molecular weight excluding hydrogens is 1400 g/mol. The molecule has 0 spiro atoms. The second-order valence-corrected chi connectivity index (χ2v) is 29.1. The van der Waals surface area contributed by atoms with Gasteiger partial charge in [-0.3, -0.25) is 76.4 Å². The average molecular weight is 1510 g/mol. The SMILES string of the molecule is CC(C)C[C@H](NC(=O)CNC(=O)[C@H](CC(C)C)NC(=O)[C@@H](NC(=O)CNC(=O)CNC(=O)CNC(=O)CCCC[C@@H]1SC[C@@H]2NC(=O)N[C@@H]21)[C@@H](C)O)C(=O)N[C@H](C(=O)N1CCC[C@H]1C(=O)N1CCC[C@H]1C(=O)N[C@H](C(=O)N[C@H](C(=O)N[C@@H](CCC(=O)O)C(N)=O)[C@@H](C)O)[C@@H](C)O)[C@@H](C)OP(=O)(O)O. The molecule has 21 N–H and O–H groups in total. The van der Waals surface area contributed by atoms with E-state index in [4.69, 9.17) is 15.4 Å². The number of carbonyl (C=O) groups excluding carboxylic acids is 15. The Morgan fingerprint density at radius 2 is 1.05 bits per heavy atom. The highest BCUT2D eigenvalue weighted by atomic mass is 32.2. The predicted octanol–water partition coefficient (Wildman–Crippen LogP) is -7.36. The number of nitrogens with two attached hydrogens (primary N) is 1. The van der Waals surface area contributed by atoms with Crippen LogP contribution in [-0.2, 0) is 81.0 Å². The first kappa shape index (κ1) is 87.1. The van der Waals surface area contributed by atoms with Crippen LogP contribution in [0.5, 0.6) is 0 Å². The number of aliphatic hydroxyl groups is 3. The molecule has 4 saturated heterocycles. The number of carboxylic acid groups (broad SMARTS) is 1. The molecule has 0 saturated carbocycles. The number of carbonyl (C=O) groups is 16. The smallest absolute Gasteiger partial charge is 0.469 e. The van der Waals surface area contributed by atoms with Crippen LogP contribution in [0.1, 0.15) is 132 Å². The molecule has 0 aliphatic carbocycles. The first-order chi connectivity index (χ1) is 48.2. The minimum absolute atomic E-state index is 0.00709. The van der Waals surface area contributed by atoms with E-state index in [-0.39, 0.29) is 99.1 Å². The zero-order valence-electron chi connectivity index (χ0n) is 58.7. The van der Waals surface area contributed by atoms with Crippen molar-refractivity contribution in [2.24, 2.45) is 17.6 Å². The number of rotatable bonds is 42. The van der Waals surface area contributed by atoms with Crippen LogP contribution in [0.2, 0.25) is 0 Å². The van der Waals surface area contributed by atoms with Crippen LogP contribution in [0.3, 0.4) is 0 Å². The van der Waals surface area contributed by atoms with E-state index < -0.39 is 208 Å². The number of unbranched alkanes of at least 4 members (excludes halogenated alkanes) is 1. The summed E-state index contributed by atoms with van der Waals surface area (Å²) >= 11 is 1.76. The molecule has 42 heteroatoms. The molecular formula is C61H101N16O24PS. The molecule has 16 amide bonds. The summed E-state index contributed by atoms with van der Waals surface area (Å²) in [4.78, 5) is 232. The summed E-state index contributed by atoms with van der Waals surface area (Å²) in [5.41, 5.74) is 5.31. The summed E-state index contributed by atoms with van der Waals surface area (Å²) in [6.07, 6.45) is -5.45. The summed E-state index contributed by atoms with van der Waals surface area (Å²) < 4.78 is 17.1. The molecule has 0 aromatic carbocycles. The summed E-state index contributed by atoms with van der Waals surface area (Å²) in [7, 11) is -5.43. The number of phosphoric acid groups is 1. The van der Waals surface area contributed by atoms with Gasteiger partial charge >= 0.3 is 19.8 Å². The van der Waals surface area contributed by atoms with E-state index in [1.165, 1.54) is 0 Å². The Labute approximate surface area is 598 Å². The maximum Gasteiger partial charge on any atom is 0.469 e. The molecule has 0 aromatic heterocycles. The van der Waals surface area contributed by atoms with Crippen LogP contribution in [0.15, 0.2) is 0 Å². The third-order valence-electron chi connectivity index (χ3n) is 17.1. The number of thioether (sulfide) groups is 1. The molecule has 4 aliphatic rings. The summed E-state index contributed by atoms with van der Waals surface area (Å²) in [6.45, 7) is 8.27. The van der Waals surface area contributed by atoms with Crippen molar-refractivity contribution in [3.63, 3.8) is 0 Å². The van der Waals surface area contributed by atoms with E-state index >= 15 is 0 Å². The molecule has 0 unspecified atom stereocenters. The molecule has 0 aromatic rings. The minimum Gasteiger partial charge on any atom is -0.481 e. The van der Waals surface area contributed by atoms with Crippen molar-refractivity contribution in [2.45, 2.75) is 229 Å². The van der Waals surface area contributed by atoms with Crippen molar-refractivity contribution < 1.29 is 116 Å². The largest absolute Gasteiger partial charge is 0.481 e. The van der Waals surface area contributed by atoms with Gasteiger partial charge in [-0.05, 0) is 97.3 Å². The number of hydrogen-bond acceptors (Lipinski definition) is 22. The number of amides is 16. The lowest BCUT2D eigenvalue weighted by Gasteiger charge is -2.35. The van der Waals surface area contributed by atoms with Crippen molar-refractivity contribution in [1.82, 2.24) is 78.9 Å². The van der Waals surface area contributed by atoms with Gasteiger partial charge in [0.05, 0.1) is 62.7 Å². The highest BCUT2D eigenvalue weighted by molar-refractivity contribution is 8.00. The number of fused-ring (bicyclic) bond motifs is 1. The van der Waals surface area contributed by atoms with E-state index in [1.807, 2.05) is 0 Å². The minimum atomic E-state index is -5.43. The fraction of sp³-hybridized carbons (Fsp3) is 0.738. The molecule has 0 radical (unpaired) electrons. The zero-order valence-corrected chi connectivity index (χ0v) is 60.4. The lowest BCUT2D eigenvalue weighted by Crippen LogP contribution is -2.63. The van der Waals surface area contributed by atoms with Gasteiger partial charge in [0.25, 0.3) is 0 Å². The van der Waals surface area contributed by atoms with E-state index in [0.29, 0.717) is 6.42 Å². The van der Waals surface area contributed by atoms with Gasteiger partial charge in [-0.1, -0.05) is 34.1 Å². The Hall–Kier alpha value is -8.34. The van der Waals surface area contributed by atoms with Crippen molar-refractivity contribution >= 4 is 114 Å². The van der Waals surface area contributed by atoms with Crippen LogP contribution in [0, 0.1) is 11.8 Å². The van der Waals surface area contributed by atoms with Crippen LogP contribution in [0.25, 0.3) is 0 Å². The number of primary amides is 1. The molecule has 580 valence electrons. The molecule has 16 atom stereocenters. The van der Waals surface area contributed by atoms with Crippen molar-refractivity contribution in [3.8, 4) is 0 Å². The first-order valence-corrected chi connectivity index (χ1v) is 36.5. The molecule has 103 heavy (non-hydrogen) atoms. The van der Waals surface area contributed by atoms with Gasteiger partial charge < -0.3 is 115 Å². The first-order valence-electron chi connectivity index (χ1n) is 33.9. The lowest BCUT2D eigenvalue weighted by atomic mass is 10.0. The molecule has 4 rings (SSSR count). The molecule has 4 fully saturated rings. The fourth-order valence-electron chi connectivity index (χ4n) is 11.8. The third kappa shape index (κ3) is 28.7. The zero-order chi connectivity index (χ0) is 77.3. The number of phosphoric ester groups is 1. The van der Waals surface area contributed by atoms with Crippen LogP contribution in [-0.4, -0.2) is 276 Å². The van der Waals surface area contributed by atoms with E-state index in [2.05, 4.69) is 69.1 Å². The van der Waals surface area contributed by atoms with Gasteiger partial charge in [-0.15, -0.1) is 0 Å². The van der Waals surface area contributed by atoms with E-state index in [0.717, 1.165) is 56.1 Å². The predicted molar refractivity (Wildman–Crippen MR) is 362 cm³/mol. The number of carboxylic acids is 1. The number of urea groups is 1. The second kappa shape index (κ2) is 41.2. The number of aliphatic hydroxyl groups excluding tert-OH is 3. The average Bonchev–Trinajstić information content (AvgIpc) is 1.69. The lowest BCUT2D eigenvalue weighted by molar-refractivity contribution is -0.149. The van der Waals surface area contributed by atoms with E-state index in [1.54, 1.807) is 39.5 Å². The second-order valence-electron chi connectivity index (χ2n) is 26.7. The van der Waals surface area contributed by atoms with Crippen LogP contribution >= 0.6 is 19.6 Å². The van der Waals surface area contributed by atoms with Gasteiger partial charge in [0.2, 0.25) is 82.7 Å². The monoisotopic (exact) mass is 1500 g/mol. The maximum absolute atomic E-state index is 14.7. The van der Waals surface area contributed by atoms with Gasteiger partial charge in [0.15, 0.2) is 0 Å². The summed E-state index contributed by atoms with van der Waals surface area (Å²) in [6, 6.07) is -14.6. The van der Waals surface area contributed by atoms with Gasteiger partial charge in [-0.25, -0.2) is 9.36 Å². The van der Waals surface area contributed by atoms with Crippen LogP contribution < -0.4 is 74.9 Å². The fourth-order valence-corrected chi connectivity index (χ4v) is 13.9. The van der Waals surface area contributed by atoms with Gasteiger partial charge in [-0.2, -0.15) is 11.8 Å². The molecule has 40 nitrogen and oxygen atoms in total. The Morgan fingerprint density at radius 1 is 0.563 bits per heavy atom. The normalized spacial score (nSPS) is 21.0. The highest BCUT2D eigenvalue weighted by Crippen LogP contribution is 2.39. The molecule has 0 bridgehead atoms. The summed E-state index contributed by atoms with van der Waals surface area (Å²) in [5, 5.41) is 72.4. The van der Waals surface area contributed by atoms with Crippen molar-refractivity contribution in [1.29, 1.82) is 0 Å². The maximum atomic E-state index is 14.7. The van der Waals surface area contributed by atoms with Crippen LogP contribution in [0.4, 0.5) is 4.79 Å². The van der Waals surface area contributed by atoms with E-state index in [9.17, 15) is 106 Å². The molecule has 4 heterocycles. The third-order valence-corrected chi connectivity index (χ3v) is 19.2. The van der Waals surface area contributed by atoms with Crippen molar-refractivity contribution in [3.05, 3.63) is 0 Å². The Morgan fingerprint density at radius 3 is 1.60 bits per heavy atom. The quantitative estimate of drug-likeness (QED) is 0.0153. The number of aliphatic carboxylic acids is 1. The Kier molecular flexibility index (Phi) is 34.8.